The Morgan fingerprint density at radius 3 is 2.31 bits per heavy atom. The first-order chi connectivity index (χ1) is 15.3. The Labute approximate surface area is 186 Å². The maximum atomic E-state index is 13.1. The van der Waals surface area contributed by atoms with E-state index in [9.17, 15) is 14.4 Å². The van der Waals surface area contributed by atoms with Crippen LogP contribution in [0.1, 0.15) is 51.0 Å². The van der Waals surface area contributed by atoms with Crippen molar-refractivity contribution >= 4 is 23.3 Å². The molecule has 0 N–H and O–H groups in total. The Kier molecular flexibility index (Phi) is 5.65. The molecule has 4 rings (SSSR count). The zero-order chi connectivity index (χ0) is 23.0. The van der Waals surface area contributed by atoms with Crippen molar-refractivity contribution in [1.82, 2.24) is 9.78 Å². The molecule has 2 heterocycles. The molecule has 0 aliphatic carbocycles. The number of anilines is 1. The number of ketones is 1. The number of fused-ring (bicyclic) bond motifs is 1. The molecule has 0 saturated carbocycles. The van der Waals surface area contributed by atoms with Crippen molar-refractivity contribution in [3.8, 4) is 5.75 Å². The van der Waals surface area contributed by atoms with Crippen LogP contribution in [0.15, 0.2) is 48.5 Å². The number of nitrogens with zero attached hydrogens (tertiary/aromatic N) is 3. The first-order valence-electron chi connectivity index (χ1n) is 10.6. The summed E-state index contributed by atoms with van der Waals surface area (Å²) in [5, 5.41) is 4.25. The average molecular weight is 431 g/mol. The van der Waals surface area contributed by atoms with Crippen LogP contribution < -0.4 is 9.64 Å². The number of ether oxygens (including phenoxy) is 1. The fourth-order valence-electron chi connectivity index (χ4n) is 3.81. The molecule has 1 amide bonds. The second-order valence-electron chi connectivity index (χ2n) is 8.05. The maximum absolute atomic E-state index is 13.1. The van der Waals surface area contributed by atoms with Crippen LogP contribution in [-0.4, -0.2) is 40.0 Å². The molecule has 1 unspecified atom stereocenters. The van der Waals surface area contributed by atoms with Gasteiger partial charge in [0, 0.05) is 16.8 Å². The molecule has 0 radical (unpaired) electrons. The molecule has 7 heteroatoms. The molecule has 1 atom stereocenters. The van der Waals surface area contributed by atoms with Gasteiger partial charge in [0.15, 0.2) is 11.9 Å². The molecule has 164 valence electrons. The Balaban J connectivity index is 1.71. The molecular weight excluding hydrogens is 406 g/mol. The first kappa shape index (κ1) is 21.5. The molecular formula is C25H25N3O4. The van der Waals surface area contributed by atoms with Gasteiger partial charge in [0.2, 0.25) is 0 Å². The number of aromatic nitrogens is 2. The van der Waals surface area contributed by atoms with E-state index in [2.05, 4.69) is 5.10 Å². The van der Waals surface area contributed by atoms with Crippen LogP contribution >= 0.6 is 0 Å². The molecule has 3 aromatic rings. The molecule has 7 nitrogen and oxygen atoms in total. The Morgan fingerprint density at radius 2 is 1.69 bits per heavy atom. The van der Waals surface area contributed by atoms with E-state index in [1.165, 1.54) is 9.58 Å². The Morgan fingerprint density at radius 1 is 1.00 bits per heavy atom. The van der Waals surface area contributed by atoms with E-state index in [0.717, 1.165) is 17.0 Å². The predicted molar refractivity (Wildman–Crippen MR) is 120 cm³/mol. The highest BCUT2D eigenvalue weighted by molar-refractivity contribution is 6.09. The van der Waals surface area contributed by atoms with Crippen molar-refractivity contribution in [2.24, 2.45) is 0 Å². The van der Waals surface area contributed by atoms with E-state index < -0.39 is 6.10 Å². The molecule has 1 aliphatic heterocycles. The van der Waals surface area contributed by atoms with Gasteiger partial charge in [-0.05, 0) is 51.5 Å². The van der Waals surface area contributed by atoms with Gasteiger partial charge in [-0.1, -0.05) is 36.8 Å². The lowest BCUT2D eigenvalue weighted by Crippen LogP contribution is -2.47. The van der Waals surface area contributed by atoms with Gasteiger partial charge in [-0.25, -0.2) is 4.68 Å². The lowest BCUT2D eigenvalue weighted by atomic mass is 10.0. The number of amides is 1. The van der Waals surface area contributed by atoms with Gasteiger partial charge < -0.3 is 4.74 Å². The van der Waals surface area contributed by atoms with E-state index in [-0.39, 0.29) is 24.1 Å². The highest BCUT2D eigenvalue weighted by Gasteiger charge is 2.35. The third-order valence-electron chi connectivity index (χ3n) is 5.56. The number of aryl methyl sites for hydroxylation is 3. The van der Waals surface area contributed by atoms with Crippen molar-refractivity contribution in [2.45, 2.75) is 40.2 Å². The van der Waals surface area contributed by atoms with Crippen LogP contribution in [0.2, 0.25) is 0 Å². The van der Waals surface area contributed by atoms with Crippen molar-refractivity contribution < 1.29 is 19.1 Å². The fraction of sp³-hybridized carbons (Fsp3) is 0.280. The summed E-state index contributed by atoms with van der Waals surface area (Å²) in [6, 6.07) is 14.0. The van der Waals surface area contributed by atoms with Gasteiger partial charge in [0.25, 0.3) is 11.8 Å². The van der Waals surface area contributed by atoms with Gasteiger partial charge in [-0.15, -0.1) is 0 Å². The van der Waals surface area contributed by atoms with Gasteiger partial charge in [0.05, 0.1) is 17.9 Å². The van der Waals surface area contributed by atoms with Gasteiger partial charge in [-0.3, -0.25) is 19.3 Å². The Bertz CT molecular complexity index is 1210. The van der Waals surface area contributed by atoms with Crippen LogP contribution in [0.5, 0.6) is 5.75 Å². The minimum Gasteiger partial charge on any atom is -0.478 e. The molecule has 32 heavy (non-hydrogen) atoms. The van der Waals surface area contributed by atoms with Crippen LogP contribution in [-0.2, 0) is 4.79 Å². The second kappa shape index (κ2) is 8.42. The topological polar surface area (TPSA) is 81.5 Å². The van der Waals surface area contributed by atoms with Crippen molar-refractivity contribution in [3.05, 3.63) is 76.6 Å². The number of hydrogen-bond donors (Lipinski definition) is 0. The standard InChI is InChI=1S/C25H25N3O4/c1-5-22-25(31)27(14-21(29)18-8-6-15(2)7-9-18)20-13-19(10-11-23(20)32-22)24(30)28-17(4)12-16(3)26-28/h6-13,22H,5,14H2,1-4H3. The lowest BCUT2D eigenvalue weighted by Gasteiger charge is -2.34. The normalized spacial score (nSPS) is 15.3. The highest BCUT2D eigenvalue weighted by Crippen LogP contribution is 2.36. The number of Topliss-reactive ketones (excluding diaryl/α,β-unsaturated/α-hetero) is 1. The first-order valence-corrected chi connectivity index (χ1v) is 10.6. The predicted octanol–water partition coefficient (Wildman–Crippen LogP) is 3.88. The number of benzene rings is 2. The second-order valence-corrected chi connectivity index (χ2v) is 8.05. The van der Waals surface area contributed by atoms with E-state index in [0.29, 0.717) is 29.0 Å². The largest absolute Gasteiger partial charge is 0.478 e. The van der Waals surface area contributed by atoms with Crippen molar-refractivity contribution in [1.29, 1.82) is 0 Å². The number of hydrogen-bond acceptors (Lipinski definition) is 5. The summed E-state index contributed by atoms with van der Waals surface area (Å²) < 4.78 is 7.19. The minimum atomic E-state index is -0.675. The van der Waals surface area contributed by atoms with Crippen molar-refractivity contribution in [3.63, 3.8) is 0 Å². The third-order valence-corrected chi connectivity index (χ3v) is 5.56. The lowest BCUT2D eigenvalue weighted by molar-refractivity contribution is -0.126. The molecule has 0 saturated heterocycles. The van der Waals surface area contributed by atoms with Gasteiger partial charge >= 0.3 is 0 Å². The van der Waals surface area contributed by atoms with Crippen molar-refractivity contribution in [2.75, 3.05) is 11.4 Å². The van der Waals surface area contributed by atoms with Crippen LogP contribution in [0.3, 0.4) is 0 Å². The molecule has 1 aliphatic rings. The summed E-state index contributed by atoms with van der Waals surface area (Å²) in [6.45, 7) is 7.30. The van der Waals surface area contributed by atoms with Gasteiger partial charge in [-0.2, -0.15) is 5.10 Å². The SMILES string of the molecule is CCC1Oc2ccc(C(=O)n3nc(C)cc3C)cc2N(CC(=O)c2ccc(C)cc2)C1=O. The van der Waals surface area contributed by atoms with Crippen LogP contribution in [0.25, 0.3) is 0 Å². The molecule has 0 bridgehead atoms. The van der Waals surface area contributed by atoms with E-state index >= 15 is 0 Å². The Hall–Kier alpha value is -3.74. The van der Waals surface area contributed by atoms with Gasteiger partial charge in [0.1, 0.15) is 5.75 Å². The monoisotopic (exact) mass is 431 g/mol. The average Bonchev–Trinajstić information content (AvgIpc) is 3.12. The molecule has 0 spiro atoms. The summed E-state index contributed by atoms with van der Waals surface area (Å²) in [5.41, 5.74) is 3.80. The zero-order valence-electron chi connectivity index (χ0n) is 18.6. The summed E-state index contributed by atoms with van der Waals surface area (Å²) >= 11 is 0. The molecule has 1 aromatic heterocycles. The number of carbonyl (C=O) groups is 3. The summed E-state index contributed by atoms with van der Waals surface area (Å²) in [5.74, 6) is -0.321. The zero-order valence-corrected chi connectivity index (χ0v) is 18.6. The third kappa shape index (κ3) is 3.93. The number of carbonyl (C=O) groups excluding carboxylic acids is 3. The summed E-state index contributed by atoms with van der Waals surface area (Å²) in [4.78, 5) is 40.5. The quantitative estimate of drug-likeness (QED) is 0.573. The summed E-state index contributed by atoms with van der Waals surface area (Å²) in [6.07, 6.45) is -0.203. The smallest absolute Gasteiger partial charge is 0.278 e. The minimum absolute atomic E-state index is 0.133. The number of rotatable bonds is 5. The van der Waals surface area contributed by atoms with E-state index in [4.69, 9.17) is 4.74 Å². The molecule has 0 fully saturated rings. The van der Waals surface area contributed by atoms with Crippen LogP contribution in [0.4, 0.5) is 5.69 Å². The fourth-order valence-corrected chi connectivity index (χ4v) is 3.81. The highest BCUT2D eigenvalue weighted by atomic mass is 16.5. The van der Waals surface area contributed by atoms with Crippen LogP contribution in [0, 0.1) is 20.8 Å². The summed E-state index contributed by atoms with van der Waals surface area (Å²) in [7, 11) is 0. The molecule has 2 aromatic carbocycles. The maximum Gasteiger partial charge on any atom is 0.278 e. The van der Waals surface area contributed by atoms with E-state index in [1.54, 1.807) is 37.3 Å². The van der Waals surface area contributed by atoms with E-state index in [1.807, 2.05) is 39.0 Å².